The highest BCUT2D eigenvalue weighted by atomic mass is 79.9. The number of carbonyl (C=O) groups excluding carboxylic acids is 1. The lowest BCUT2D eigenvalue weighted by atomic mass is 9.84. The van der Waals surface area contributed by atoms with Gasteiger partial charge < -0.3 is 10.2 Å². The standard InChI is InChI=1S/C15H9BrN2.C14H10BrN.C2H3ClO.CH4/c16-13-7-3-6-11-10-4-1-2-5-12(10)15-17-8-9-18(15)14(11)13;15-13-7-3-6-10-9-4-1-2-5-11(9)14(16)8-12(10)13;3-1-2-4;/h1-9H;1-7,16H,8H2;2H,1H2;1H4. The maximum absolute atomic E-state index is 9.04. The summed E-state index contributed by atoms with van der Waals surface area (Å²) in [4.78, 5) is 13.5. The average molecular weight is 664 g/mol. The van der Waals surface area contributed by atoms with Crippen LogP contribution >= 0.6 is 43.5 Å². The Bertz CT molecular complexity index is 1810. The second-order valence-corrected chi connectivity index (χ2v) is 10.6. The molecule has 0 bridgehead atoms. The largest absolute Gasteiger partial charge is 0.304 e. The first-order valence-corrected chi connectivity index (χ1v) is 14.0. The number of carbonyl (C=O) groups is 1. The molecule has 4 aromatic carbocycles. The number of aldehydes is 1. The molecule has 1 aliphatic rings. The van der Waals surface area contributed by atoms with Crippen molar-refractivity contribution in [1.29, 1.82) is 5.41 Å². The Morgan fingerprint density at radius 1 is 0.821 bits per heavy atom. The molecule has 1 aliphatic carbocycles. The van der Waals surface area contributed by atoms with Gasteiger partial charge in [-0.05, 0) is 50.1 Å². The Kier molecular flexibility index (Phi) is 9.33. The van der Waals surface area contributed by atoms with Crippen LogP contribution in [0.3, 0.4) is 0 Å². The van der Waals surface area contributed by atoms with Crippen molar-refractivity contribution in [3.63, 3.8) is 0 Å². The van der Waals surface area contributed by atoms with E-state index in [4.69, 9.17) is 21.8 Å². The molecule has 4 nitrogen and oxygen atoms in total. The second-order valence-electron chi connectivity index (χ2n) is 8.59. The number of hydrogen-bond acceptors (Lipinski definition) is 3. The highest BCUT2D eigenvalue weighted by Gasteiger charge is 2.20. The number of alkyl halides is 1. The Morgan fingerprint density at radius 2 is 1.41 bits per heavy atom. The minimum Gasteiger partial charge on any atom is -0.304 e. The molecule has 2 aromatic heterocycles. The first-order valence-electron chi connectivity index (χ1n) is 11.9. The molecule has 2 heterocycles. The predicted octanol–water partition coefficient (Wildman–Crippen LogP) is 9.50. The fourth-order valence-electron chi connectivity index (χ4n) is 4.82. The average Bonchev–Trinajstić information content (AvgIpc) is 3.45. The molecule has 0 unspecified atom stereocenters. The summed E-state index contributed by atoms with van der Waals surface area (Å²) in [6, 6.07) is 29.1. The lowest BCUT2D eigenvalue weighted by molar-refractivity contribution is -0.105. The number of fused-ring (bicyclic) bond motifs is 9. The van der Waals surface area contributed by atoms with Gasteiger partial charge in [0, 0.05) is 49.8 Å². The van der Waals surface area contributed by atoms with E-state index in [1.165, 1.54) is 38.4 Å². The zero-order valence-corrected chi connectivity index (χ0v) is 24.1. The zero-order valence-electron chi connectivity index (χ0n) is 20.2. The fraction of sp³-hybridized carbons (Fsp3) is 0.0938. The van der Waals surface area contributed by atoms with Crippen LogP contribution in [0.5, 0.6) is 0 Å². The van der Waals surface area contributed by atoms with Gasteiger partial charge in [-0.2, -0.15) is 0 Å². The molecule has 0 spiro atoms. The van der Waals surface area contributed by atoms with E-state index in [0.717, 1.165) is 20.2 Å². The summed E-state index contributed by atoms with van der Waals surface area (Å²) < 4.78 is 4.33. The van der Waals surface area contributed by atoms with Gasteiger partial charge in [-0.3, -0.25) is 4.40 Å². The molecule has 1 N–H and O–H groups in total. The minimum atomic E-state index is 0. The third kappa shape index (κ3) is 5.55. The normalized spacial score (nSPS) is 11.4. The molecule has 0 aliphatic heterocycles. The van der Waals surface area contributed by atoms with Crippen LogP contribution in [-0.2, 0) is 11.2 Å². The number of pyridine rings is 1. The van der Waals surface area contributed by atoms with E-state index in [-0.39, 0.29) is 13.3 Å². The number of nitrogens with one attached hydrogen (secondary N) is 1. The van der Waals surface area contributed by atoms with Crippen molar-refractivity contribution >= 4 is 82.8 Å². The summed E-state index contributed by atoms with van der Waals surface area (Å²) in [5.41, 5.74) is 7.60. The summed E-state index contributed by atoms with van der Waals surface area (Å²) in [5.74, 6) is 0.111. The molecule has 0 saturated heterocycles. The minimum absolute atomic E-state index is 0. The van der Waals surface area contributed by atoms with Crippen LogP contribution in [0.25, 0.3) is 38.4 Å². The molecule has 7 rings (SSSR count). The van der Waals surface area contributed by atoms with Gasteiger partial charge in [0.2, 0.25) is 0 Å². The van der Waals surface area contributed by atoms with E-state index in [1.54, 1.807) is 0 Å². The number of nitrogens with zero attached hydrogens (tertiary/aromatic N) is 2. The number of aromatic nitrogens is 2. The van der Waals surface area contributed by atoms with E-state index in [0.29, 0.717) is 18.4 Å². The van der Waals surface area contributed by atoms with Gasteiger partial charge in [-0.1, -0.05) is 96.2 Å². The van der Waals surface area contributed by atoms with Crippen LogP contribution in [-0.4, -0.2) is 27.3 Å². The van der Waals surface area contributed by atoms with Crippen molar-refractivity contribution in [1.82, 2.24) is 9.38 Å². The van der Waals surface area contributed by atoms with Crippen molar-refractivity contribution in [2.24, 2.45) is 0 Å². The zero-order chi connectivity index (χ0) is 26.6. The Morgan fingerprint density at radius 3 is 2.15 bits per heavy atom. The number of imidazole rings is 1. The molecule has 196 valence electrons. The molecule has 39 heavy (non-hydrogen) atoms. The summed E-state index contributed by atoms with van der Waals surface area (Å²) in [6.45, 7) is 0. The van der Waals surface area contributed by atoms with Crippen molar-refractivity contribution in [2.45, 2.75) is 13.8 Å². The van der Waals surface area contributed by atoms with Crippen molar-refractivity contribution in [2.75, 3.05) is 5.88 Å². The van der Waals surface area contributed by atoms with Gasteiger partial charge in [0.15, 0.2) is 0 Å². The van der Waals surface area contributed by atoms with E-state index in [2.05, 4.69) is 102 Å². The van der Waals surface area contributed by atoms with E-state index in [9.17, 15) is 0 Å². The van der Waals surface area contributed by atoms with Crippen molar-refractivity contribution in [3.05, 3.63) is 117 Å². The predicted molar refractivity (Wildman–Crippen MR) is 172 cm³/mol. The van der Waals surface area contributed by atoms with Crippen LogP contribution in [0.2, 0.25) is 0 Å². The van der Waals surface area contributed by atoms with Crippen LogP contribution < -0.4 is 0 Å². The van der Waals surface area contributed by atoms with E-state index >= 15 is 0 Å². The van der Waals surface area contributed by atoms with Crippen LogP contribution in [0.4, 0.5) is 0 Å². The molecular weight excluding hydrogens is 638 g/mol. The van der Waals surface area contributed by atoms with Gasteiger partial charge in [-0.25, -0.2) is 4.98 Å². The van der Waals surface area contributed by atoms with Gasteiger partial charge in [0.25, 0.3) is 0 Å². The van der Waals surface area contributed by atoms with Gasteiger partial charge in [0.1, 0.15) is 11.9 Å². The quantitative estimate of drug-likeness (QED) is 0.108. The van der Waals surface area contributed by atoms with Crippen LogP contribution in [0.15, 0.2) is 106 Å². The highest BCUT2D eigenvalue weighted by Crippen LogP contribution is 2.37. The number of rotatable bonds is 1. The summed E-state index contributed by atoms with van der Waals surface area (Å²) in [5, 5.41) is 11.7. The Balaban J connectivity index is 0.000000157. The first kappa shape index (κ1) is 28.7. The van der Waals surface area contributed by atoms with Crippen molar-refractivity contribution < 1.29 is 4.79 Å². The monoisotopic (exact) mass is 661 g/mol. The molecule has 6 aromatic rings. The third-order valence-corrected chi connectivity index (χ3v) is 7.91. The smallest absolute Gasteiger partial charge is 0.145 e. The molecule has 0 fully saturated rings. The maximum Gasteiger partial charge on any atom is 0.145 e. The lowest BCUT2D eigenvalue weighted by Crippen LogP contribution is -2.12. The maximum atomic E-state index is 9.04. The van der Waals surface area contributed by atoms with Crippen LogP contribution in [0, 0.1) is 5.41 Å². The number of hydrogen-bond donors (Lipinski definition) is 1. The van der Waals surface area contributed by atoms with Gasteiger partial charge in [0.05, 0.1) is 11.4 Å². The third-order valence-electron chi connectivity index (χ3n) is 6.40. The summed E-state index contributed by atoms with van der Waals surface area (Å²) >= 11 is 12.0. The molecular formula is C32H26Br2ClN3O. The van der Waals surface area contributed by atoms with Gasteiger partial charge in [-0.15, -0.1) is 11.6 Å². The molecule has 0 radical (unpaired) electrons. The van der Waals surface area contributed by atoms with Crippen molar-refractivity contribution in [3.8, 4) is 11.1 Å². The highest BCUT2D eigenvalue weighted by molar-refractivity contribution is 9.11. The van der Waals surface area contributed by atoms with Crippen LogP contribution in [0.1, 0.15) is 18.6 Å². The molecule has 7 heteroatoms. The topological polar surface area (TPSA) is 58.2 Å². The molecule has 0 saturated carbocycles. The second kappa shape index (κ2) is 12.7. The summed E-state index contributed by atoms with van der Waals surface area (Å²) in [6.07, 6.45) is 5.21. The Labute approximate surface area is 249 Å². The molecule has 0 amide bonds. The number of halogens is 3. The Hall–Kier alpha value is -3.32. The molecule has 0 atom stereocenters. The lowest BCUT2D eigenvalue weighted by Gasteiger charge is -2.21. The summed E-state index contributed by atoms with van der Waals surface area (Å²) in [7, 11) is 0. The SMILES string of the molecule is Brc1cccc2c3ccccc3c3nccn3c12.C.N=C1Cc2c(Br)cccc2-c2ccccc21.O=CCCl. The number of benzene rings is 4. The number of para-hydroxylation sites is 1. The van der Waals surface area contributed by atoms with E-state index < -0.39 is 0 Å². The fourth-order valence-corrected chi connectivity index (χ4v) is 5.88. The first-order chi connectivity index (χ1) is 18.5. The van der Waals surface area contributed by atoms with Gasteiger partial charge >= 0.3 is 0 Å². The van der Waals surface area contributed by atoms with E-state index in [1.807, 2.05) is 36.7 Å².